The fraction of sp³-hybridized carbons (Fsp3) is 0.833. The fourth-order valence-electron chi connectivity index (χ4n) is 2.82. The topological polar surface area (TPSA) is 41.3 Å². The largest absolute Gasteiger partial charge is 0.328 e. The van der Waals surface area contributed by atoms with Crippen molar-refractivity contribution in [3.8, 4) is 0 Å². The van der Waals surface area contributed by atoms with Crippen molar-refractivity contribution in [3.05, 3.63) is 12.2 Å². The summed E-state index contributed by atoms with van der Waals surface area (Å²) in [5, 5.41) is 2.27. The van der Waals surface area contributed by atoms with E-state index in [0.717, 1.165) is 5.92 Å². The number of rotatable bonds is 1. The lowest BCUT2D eigenvalue weighted by Gasteiger charge is -2.40. The predicted molar refractivity (Wildman–Crippen MR) is 63.2 cm³/mol. The van der Waals surface area contributed by atoms with E-state index in [1.807, 2.05) is 0 Å². The van der Waals surface area contributed by atoms with Crippen LogP contribution in [-0.2, 0) is 0 Å². The molecule has 0 aromatic carbocycles. The smallest absolute Gasteiger partial charge is 0.0449 e. The standard InChI is InChI=1S/C12H23N3/c1-9-3-8-12(15(2)14-9)10-4-6-11(13)7-5-10/h3,8-12,14H,4-7,13H2,1-2H3. The molecule has 1 aliphatic carbocycles. The molecule has 1 saturated carbocycles. The summed E-state index contributed by atoms with van der Waals surface area (Å²) < 4.78 is 0. The van der Waals surface area contributed by atoms with Crippen LogP contribution in [0.5, 0.6) is 0 Å². The minimum Gasteiger partial charge on any atom is -0.328 e. The van der Waals surface area contributed by atoms with Gasteiger partial charge in [0.25, 0.3) is 0 Å². The van der Waals surface area contributed by atoms with Crippen LogP contribution >= 0.6 is 0 Å². The van der Waals surface area contributed by atoms with Gasteiger partial charge in [-0.3, -0.25) is 0 Å². The quantitative estimate of drug-likeness (QED) is 0.639. The summed E-state index contributed by atoms with van der Waals surface area (Å²) in [6, 6.07) is 1.48. The Morgan fingerprint density at radius 2 is 1.87 bits per heavy atom. The molecule has 2 unspecified atom stereocenters. The van der Waals surface area contributed by atoms with Crippen molar-refractivity contribution in [2.45, 2.75) is 50.7 Å². The molecule has 3 N–H and O–H groups in total. The van der Waals surface area contributed by atoms with Gasteiger partial charge in [0.2, 0.25) is 0 Å². The fourth-order valence-corrected chi connectivity index (χ4v) is 2.82. The van der Waals surface area contributed by atoms with Crippen LogP contribution in [0.1, 0.15) is 32.6 Å². The molecule has 2 aliphatic rings. The predicted octanol–water partition coefficient (Wildman–Crippen LogP) is 1.27. The Balaban J connectivity index is 1.95. The SMILES string of the molecule is CC1C=CC(C2CCC(N)CC2)N(C)N1. The number of nitrogens with two attached hydrogens (primary N) is 1. The lowest BCUT2D eigenvalue weighted by Crippen LogP contribution is -2.52. The van der Waals surface area contributed by atoms with Crippen LogP contribution < -0.4 is 11.2 Å². The normalized spacial score (nSPS) is 43.1. The van der Waals surface area contributed by atoms with E-state index in [1.54, 1.807) is 0 Å². The van der Waals surface area contributed by atoms with Crippen molar-refractivity contribution < 1.29 is 0 Å². The second kappa shape index (κ2) is 4.64. The zero-order valence-corrected chi connectivity index (χ0v) is 9.82. The highest BCUT2D eigenvalue weighted by Crippen LogP contribution is 2.29. The molecule has 1 aliphatic heterocycles. The molecule has 0 amide bonds. The highest BCUT2D eigenvalue weighted by Gasteiger charge is 2.29. The maximum Gasteiger partial charge on any atom is 0.0449 e. The Kier molecular flexibility index (Phi) is 3.44. The number of hydrogen-bond acceptors (Lipinski definition) is 3. The highest BCUT2D eigenvalue weighted by molar-refractivity contribution is 5.05. The zero-order valence-electron chi connectivity index (χ0n) is 9.82. The van der Waals surface area contributed by atoms with Crippen molar-refractivity contribution in [1.29, 1.82) is 0 Å². The minimum atomic E-state index is 0.450. The summed E-state index contributed by atoms with van der Waals surface area (Å²) in [5.41, 5.74) is 9.39. The first-order valence-corrected chi connectivity index (χ1v) is 6.09. The second-order valence-electron chi connectivity index (χ2n) is 5.08. The third-order valence-corrected chi connectivity index (χ3v) is 3.75. The van der Waals surface area contributed by atoms with Crippen LogP contribution in [0, 0.1) is 5.92 Å². The van der Waals surface area contributed by atoms with Gasteiger partial charge < -0.3 is 5.73 Å². The first kappa shape index (κ1) is 11.1. The van der Waals surface area contributed by atoms with E-state index in [9.17, 15) is 0 Å². The minimum absolute atomic E-state index is 0.450. The molecular weight excluding hydrogens is 186 g/mol. The monoisotopic (exact) mass is 209 g/mol. The first-order valence-electron chi connectivity index (χ1n) is 6.09. The van der Waals surface area contributed by atoms with Gasteiger partial charge in [0.1, 0.15) is 0 Å². The van der Waals surface area contributed by atoms with Gasteiger partial charge in [0.15, 0.2) is 0 Å². The molecule has 1 fully saturated rings. The molecule has 2 atom stereocenters. The van der Waals surface area contributed by atoms with Crippen LogP contribution in [0.2, 0.25) is 0 Å². The number of hydrazine groups is 1. The molecule has 0 saturated heterocycles. The van der Waals surface area contributed by atoms with Crippen LogP contribution in [0.15, 0.2) is 12.2 Å². The number of nitrogens with zero attached hydrogens (tertiary/aromatic N) is 1. The van der Waals surface area contributed by atoms with E-state index in [2.05, 4.69) is 36.6 Å². The van der Waals surface area contributed by atoms with E-state index in [1.165, 1.54) is 25.7 Å². The van der Waals surface area contributed by atoms with Crippen molar-refractivity contribution in [2.24, 2.45) is 11.7 Å². The van der Waals surface area contributed by atoms with Crippen molar-refractivity contribution in [3.63, 3.8) is 0 Å². The molecule has 2 rings (SSSR count). The van der Waals surface area contributed by atoms with Crippen molar-refractivity contribution in [2.75, 3.05) is 7.05 Å². The molecule has 15 heavy (non-hydrogen) atoms. The van der Waals surface area contributed by atoms with Crippen LogP contribution in [0.4, 0.5) is 0 Å². The van der Waals surface area contributed by atoms with Crippen molar-refractivity contribution in [1.82, 2.24) is 10.4 Å². The van der Waals surface area contributed by atoms with Crippen molar-refractivity contribution >= 4 is 0 Å². The summed E-state index contributed by atoms with van der Waals surface area (Å²) >= 11 is 0. The molecule has 0 bridgehead atoms. The van der Waals surface area contributed by atoms with Gasteiger partial charge in [-0.05, 0) is 38.5 Å². The molecule has 1 heterocycles. The summed E-state index contributed by atoms with van der Waals surface area (Å²) in [5.74, 6) is 0.783. The molecular formula is C12H23N3. The Hall–Kier alpha value is -0.380. The average Bonchev–Trinajstić information content (AvgIpc) is 2.20. The summed E-state index contributed by atoms with van der Waals surface area (Å²) in [7, 11) is 2.15. The second-order valence-corrected chi connectivity index (χ2v) is 5.08. The Bertz CT molecular complexity index is 231. The molecule has 0 spiro atoms. The van der Waals surface area contributed by atoms with E-state index in [-0.39, 0.29) is 0 Å². The van der Waals surface area contributed by atoms with Gasteiger partial charge in [-0.15, -0.1) is 0 Å². The number of hydrogen-bond donors (Lipinski definition) is 2. The summed E-state index contributed by atoms with van der Waals surface area (Å²) in [4.78, 5) is 0. The van der Waals surface area contributed by atoms with Gasteiger partial charge in [-0.25, -0.2) is 10.4 Å². The van der Waals surface area contributed by atoms with E-state index in [0.29, 0.717) is 18.1 Å². The third kappa shape index (κ3) is 2.60. The van der Waals surface area contributed by atoms with Gasteiger partial charge >= 0.3 is 0 Å². The lowest BCUT2D eigenvalue weighted by atomic mass is 9.81. The molecule has 3 heteroatoms. The molecule has 3 nitrogen and oxygen atoms in total. The van der Waals surface area contributed by atoms with E-state index >= 15 is 0 Å². The summed E-state index contributed by atoms with van der Waals surface area (Å²) in [6.45, 7) is 2.18. The highest BCUT2D eigenvalue weighted by atomic mass is 15.5. The Morgan fingerprint density at radius 1 is 1.20 bits per heavy atom. The lowest BCUT2D eigenvalue weighted by molar-refractivity contribution is 0.104. The first-order chi connectivity index (χ1) is 7.16. The number of nitrogens with one attached hydrogen (secondary N) is 1. The van der Waals surface area contributed by atoms with Gasteiger partial charge in [0, 0.05) is 25.2 Å². The molecule has 0 aromatic heterocycles. The van der Waals surface area contributed by atoms with Crippen LogP contribution in [0.25, 0.3) is 0 Å². The summed E-state index contributed by atoms with van der Waals surface area (Å²) in [6.07, 6.45) is 9.58. The molecule has 0 radical (unpaired) electrons. The van der Waals surface area contributed by atoms with Gasteiger partial charge in [-0.2, -0.15) is 0 Å². The van der Waals surface area contributed by atoms with Gasteiger partial charge in [-0.1, -0.05) is 12.2 Å². The van der Waals surface area contributed by atoms with E-state index in [4.69, 9.17) is 5.73 Å². The number of likely N-dealkylation sites (N-methyl/N-ethyl adjacent to an activating group) is 1. The van der Waals surface area contributed by atoms with E-state index < -0.39 is 0 Å². The molecule has 0 aromatic rings. The van der Waals surface area contributed by atoms with Crippen LogP contribution in [-0.4, -0.2) is 30.2 Å². The maximum atomic E-state index is 5.94. The van der Waals surface area contributed by atoms with Gasteiger partial charge in [0.05, 0.1) is 0 Å². The van der Waals surface area contributed by atoms with Crippen LogP contribution in [0.3, 0.4) is 0 Å². The Labute approximate surface area is 92.7 Å². The average molecular weight is 209 g/mol. The Morgan fingerprint density at radius 3 is 2.47 bits per heavy atom. The third-order valence-electron chi connectivity index (χ3n) is 3.75. The molecule has 86 valence electrons. The zero-order chi connectivity index (χ0) is 10.8. The maximum absolute atomic E-state index is 5.94.